The minimum atomic E-state index is -3.50. The molecule has 21 heavy (non-hydrogen) atoms. The number of alkyl halides is 2. The van der Waals surface area contributed by atoms with Crippen molar-refractivity contribution in [2.75, 3.05) is 0 Å². The molecule has 6 nitrogen and oxygen atoms in total. The lowest BCUT2D eigenvalue weighted by Crippen LogP contribution is -2.35. The van der Waals surface area contributed by atoms with Crippen LogP contribution in [0.4, 0.5) is 8.78 Å². The van der Waals surface area contributed by atoms with Crippen molar-refractivity contribution in [3.63, 3.8) is 0 Å². The van der Waals surface area contributed by atoms with Crippen molar-refractivity contribution < 1.29 is 13.9 Å². The van der Waals surface area contributed by atoms with E-state index in [4.69, 9.17) is 0 Å². The highest BCUT2D eigenvalue weighted by Gasteiger charge is 2.42. The Kier molecular flexibility index (Phi) is 3.30. The third kappa shape index (κ3) is 2.57. The molecule has 0 aliphatic heterocycles. The largest absolute Gasteiger partial charge is 0.384 e. The number of aromatic nitrogens is 5. The van der Waals surface area contributed by atoms with E-state index in [1.807, 2.05) is 0 Å². The molecule has 2 aromatic heterocycles. The number of aliphatic hydroxyl groups excluding tert-OH is 1. The van der Waals surface area contributed by atoms with E-state index >= 15 is 0 Å². The van der Waals surface area contributed by atoms with Gasteiger partial charge in [0.2, 0.25) is 0 Å². The fourth-order valence-electron chi connectivity index (χ4n) is 1.98. The van der Waals surface area contributed by atoms with Crippen molar-refractivity contribution in [2.24, 2.45) is 0 Å². The second kappa shape index (κ2) is 5.13. The predicted octanol–water partition coefficient (Wildman–Crippen LogP) is 1.37. The first-order valence-electron chi connectivity index (χ1n) is 6.20. The Morgan fingerprint density at radius 2 is 2.00 bits per heavy atom. The maximum Gasteiger partial charge on any atom is 0.316 e. The molecule has 0 spiro atoms. The summed E-state index contributed by atoms with van der Waals surface area (Å²) in [5.41, 5.74) is -0.0360. The Labute approximate surface area is 118 Å². The number of aliphatic hydroxyl groups is 1. The van der Waals surface area contributed by atoms with Crippen LogP contribution in [0.3, 0.4) is 0 Å². The first-order valence-corrected chi connectivity index (χ1v) is 6.20. The molecule has 108 valence electrons. The van der Waals surface area contributed by atoms with Crippen molar-refractivity contribution in [1.29, 1.82) is 0 Å². The summed E-state index contributed by atoms with van der Waals surface area (Å²) in [5.74, 6) is -3.50. The number of pyridine rings is 1. The Morgan fingerprint density at radius 3 is 2.76 bits per heavy atom. The van der Waals surface area contributed by atoms with Crippen molar-refractivity contribution in [3.05, 3.63) is 48.4 Å². The molecule has 0 radical (unpaired) electrons. The van der Waals surface area contributed by atoms with Crippen LogP contribution in [-0.4, -0.2) is 36.4 Å². The average molecular weight is 291 g/mol. The summed E-state index contributed by atoms with van der Waals surface area (Å²) in [6.45, 7) is -0.422. The first-order chi connectivity index (χ1) is 10.1. The van der Waals surface area contributed by atoms with Crippen LogP contribution in [0.15, 0.2) is 42.7 Å². The van der Waals surface area contributed by atoms with Gasteiger partial charge in [0.1, 0.15) is 18.1 Å². The summed E-state index contributed by atoms with van der Waals surface area (Å²) in [6, 6.07) is 9.70. The van der Waals surface area contributed by atoms with Gasteiger partial charge in [-0.25, -0.2) is 9.67 Å². The van der Waals surface area contributed by atoms with E-state index in [0.29, 0.717) is 5.52 Å². The smallest absolute Gasteiger partial charge is 0.316 e. The predicted molar refractivity (Wildman–Crippen MR) is 69.5 cm³/mol. The van der Waals surface area contributed by atoms with Crippen LogP contribution in [0.2, 0.25) is 0 Å². The number of fused-ring (bicyclic) bond motifs is 1. The molecule has 1 atom stereocenters. The van der Waals surface area contributed by atoms with Crippen LogP contribution in [0.25, 0.3) is 10.9 Å². The van der Waals surface area contributed by atoms with Gasteiger partial charge in [-0.15, -0.1) is 5.10 Å². The Morgan fingerprint density at radius 1 is 1.19 bits per heavy atom. The minimum absolute atomic E-state index is 0.422. The van der Waals surface area contributed by atoms with Crippen LogP contribution < -0.4 is 0 Å². The number of para-hydroxylation sites is 1. The number of hydrogen-bond acceptors (Lipinski definition) is 5. The molecule has 3 rings (SSSR count). The molecule has 1 aromatic carbocycles. The summed E-state index contributed by atoms with van der Waals surface area (Å²) in [4.78, 5) is 3.93. The molecule has 1 unspecified atom stereocenters. The number of benzene rings is 1. The van der Waals surface area contributed by atoms with Gasteiger partial charge in [-0.05, 0) is 22.6 Å². The molecule has 0 aliphatic rings. The van der Waals surface area contributed by atoms with Gasteiger partial charge in [-0.2, -0.15) is 8.78 Å². The van der Waals surface area contributed by atoms with Crippen LogP contribution >= 0.6 is 0 Å². The molecule has 2 heterocycles. The van der Waals surface area contributed by atoms with Gasteiger partial charge in [-0.1, -0.05) is 24.3 Å². The van der Waals surface area contributed by atoms with Crippen LogP contribution in [-0.2, 0) is 12.5 Å². The van der Waals surface area contributed by atoms with Crippen LogP contribution in [0, 0.1) is 0 Å². The van der Waals surface area contributed by atoms with Gasteiger partial charge in [0, 0.05) is 5.39 Å². The van der Waals surface area contributed by atoms with Crippen molar-refractivity contribution in [3.8, 4) is 0 Å². The van der Waals surface area contributed by atoms with Gasteiger partial charge >= 0.3 is 5.92 Å². The molecule has 0 bridgehead atoms. The number of rotatable bonds is 4. The van der Waals surface area contributed by atoms with Gasteiger partial charge < -0.3 is 5.11 Å². The summed E-state index contributed by atoms with van der Waals surface area (Å²) in [7, 11) is 0. The molecule has 0 saturated heterocycles. The average Bonchev–Trinajstić information content (AvgIpc) is 2.99. The third-order valence-corrected chi connectivity index (χ3v) is 3.11. The number of tetrazole rings is 1. The fourth-order valence-corrected chi connectivity index (χ4v) is 1.98. The third-order valence-electron chi connectivity index (χ3n) is 3.11. The molecule has 0 fully saturated rings. The van der Waals surface area contributed by atoms with Gasteiger partial charge in [0.05, 0.1) is 12.1 Å². The first kappa shape index (κ1) is 13.5. The molecule has 1 N–H and O–H groups in total. The van der Waals surface area contributed by atoms with Gasteiger partial charge in [0.15, 0.2) is 0 Å². The lowest BCUT2D eigenvalue weighted by Gasteiger charge is -2.21. The van der Waals surface area contributed by atoms with Crippen LogP contribution in [0.5, 0.6) is 0 Å². The van der Waals surface area contributed by atoms with Crippen molar-refractivity contribution in [2.45, 2.75) is 18.6 Å². The Balaban J connectivity index is 1.91. The summed E-state index contributed by atoms with van der Waals surface area (Å²) >= 11 is 0. The highest BCUT2D eigenvalue weighted by Crippen LogP contribution is 2.32. The Bertz CT molecular complexity index is 747. The highest BCUT2D eigenvalue weighted by atomic mass is 19.3. The zero-order chi connectivity index (χ0) is 14.9. The van der Waals surface area contributed by atoms with Crippen molar-refractivity contribution in [1.82, 2.24) is 25.2 Å². The summed E-state index contributed by atoms with van der Waals surface area (Å²) < 4.78 is 29.6. The summed E-state index contributed by atoms with van der Waals surface area (Å²) in [6.07, 6.45) is -0.817. The molecule has 3 aromatic rings. The molecular formula is C13H11F2N5O. The number of nitrogens with zero attached hydrogens (tertiary/aromatic N) is 5. The molecular weight excluding hydrogens is 280 g/mol. The van der Waals surface area contributed by atoms with Gasteiger partial charge in [0.25, 0.3) is 0 Å². The van der Waals surface area contributed by atoms with E-state index in [0.717, 1.165) is 16.4 Å². The van der Waals surface area contributed by atoms with E-state index in [9.17, 15) is 13.9 Å². The minimum Gasteiger partial charge on any atom is -0.384 e. The van der Waals surface area contributed by atoms with E-state index in [2.05, 4.69) is 20.5 Å². The van der Waals surface area contributed by atoms with Crippen molar-refractivity contribution >= 4 is 10.9 Å². The zero-order valence-electron chi connectivity index (χ0n) is 10.8. The molecule has 0 saturated carbocycles. The highest BCUT2D eigenvalue weighted by molar-refractivity contribution is 5.78. The van der Waals surface area contributed by atoms with E-state index in [1.165, 1.54) is 6.07 Å². The standard InChI is InChI=1S/C13H11F2N5O/c14-13(15,12(21)7-20-8-16-18-19-20)11-6-5-9-3-1-2-4-10(9)17-11/h1-6,8,12,21H,7H2. The number of halogens is 2. The van der Waals surface area contributed by atoms with Gasteiger partial charge in [-0.3, -0.25) is 0 Å². The quantitative estimate of drug-likeness (QED) is 0.785. The lowest BCUT2D eigenvalue weighted by molar-refractivity contribution is -0.124. The summed E-state index contributed by atoms with van der Waals surface area (Å²) in [5, 5.41) is 20.6. The molecule has 0 amide bonds. The fraction of sp³-hybridized carbons (Fsp3) is 0.231. The van der Waals surface area contributed by atoms with Crippen LogP contribution in [0.1, 0.15) is 5.69 Å². The van der Waals surface area contributed by atoms with E-state index < -0.39 is 24.3 Å². The SMILES string of the molecule is OC(Cn1cnnn1)C(F)(F)c1ccc2ccccc2n1. The maximum absolute atomic E-state index is 14.3. The zero-order valence-corrected chi connectivity index (χ0v) is 10.8. The second-order valence-electron chi connectivity index (χ2n) is 4.56. The molecule has 8 heteroatoms. The van der Waals surface area contributed by atoms with E-state index in [1.54, 1.807) is 30.3 Å². The van der Waals surface area contributed by atoms with E-state index in [-0.39, 0.29) is 0 Å². The second-order valence-corrected chi connectivity index (χ2v) is 4.56. The molecule has 0 aliphatic carbocycles. The maximum atomic E-state index is 14.3. The topological polar surface area (TPSA) is 76.7 Å². The number of hydrogen-bond donors (Lipinski definition) is 1. The Hall–Kier alpha value is -2.48. The lowest BCUT2D eigenvalue weighted by atomic mass is 10.1. The monoisotopic (exact) mass is 291 g/mol. The normalized spacial score (nSPS) is 13.5.